The zero-order chi connectivity index (χ0) is 17.4. The Morgan fingerprint density at radius 3 is 2.72 bits per heavy atom. The Morgan fingerprint density at radius 2 is 1.96 bits per heavy atom. The minimum atomic E-state index is -0.300. The van der Waals surface area contributed by atoms with Crippen molar-refractivity contribution in [1.82, 2.24) is 9.78 Å². The number of anilines is 1. The number of nitrogens with one attached hydrogen (secondary N) is 1. The summed E-state index contributed by atoms with van der Waals surface area (Å²) in [7, 11) is 0. The molecule has 1 heterocycles. The van der Waals surface area contributed by atoms with Crippen LogP contribution in [0.1, 0.15) is 28.2 Å². The van der Waals surface area contributed by atoms with Crippen molar-refractivity contribution < 1.29 is 9.18 Å². The van der Waals surface area contributed by atoms with Crippen molar-refractivity contribution in [3.63, 3.8) is 0 Å². The maximum Gasteiger partial charge on any atom is 0.276 e. The summed E-state index contributed by atoms with van der Waals surface area (Å²) < 4.78 is 14.9. The van der Waals surface area contributed by atoms with Gasteiger partial charge in [-0.3, -0.25) is 4.79 Å². The Hall–Kier alpha value is -2.66. The molecule has 3 aromatic rings. The third-order valence-electron chi connectivity index (χ3n) is 4.30. The molecule has 1 amide bonds. The van der Waals surface area contributed by atoms with Crippen molar-refractivity contribution in [2.45, 2.75) is 19.3 Å². The number of benzene rings is 2. The first-order valence-corrected chi connectivity index (χ1v) is 8.43. The van der Waals surface area contributed by atoms with Gasteiger partial charge in [-0.15, -0.1) is 0 Å². The number of hydrogen-bond donors (Lipinski definition) is 1. The van der Waals surface area contributed by atoms with Gasteiger partial charge in [0.15, 0.2) is 5.69 Å². The van der Waals surface area contributed by atoms with Crippen LogP contribution in [0.4, 0.5) is 10.1 Å². The Labute approximate surface area is 149 Å². The molecule has 0 saturated heterocycles. The molecule has 0 aliphatic heterocycles. The molecule has 0 bridgehead atoms. The summed E-state index contributed by atoms with van der Waals surface area (Å²) in [6.07, 6.45) is 2.64. The van der Waals surface area contributed by atoms with Crippen molar-refractivity contribution in [2.24, 2.45) is 0 Å². The number of nitrogens with zero attached hydrogens (tertiary/aromatic N) is 2. The maximum absolute atomic E-state index is 13.2. The molecule has 1 aromatic heterocycles. The molecule has 1 N–H and O–H groups in total. The predicted molar refractivity (Wildman–Crippen MR) is 95.0 cm³/mol. The van der Waals surface area contributed by atoms with E-state index >= 15 is 0 Å². The van der Waals surface area contributed by atoms with E-state index in [0.29, 0.717) is 16.4 Å². The molecule has 1 aliphatic rings. The second-order valence-electron chi connectivity index (χ2n) is 5.98. The second-order valence-corrected chi connectivity index (χ2v) is 6.42. The van der Waals surface area contributed by atoms with Gasteiger partial charge < -0.3 is 5.32 Å². The van der Waals surface area contributed by atoms with Crippen molar-refractivity contribution in [1.29, 1.82) is 0 Å². The smallest absolute Gasteiger partial charge is 0.276 e. The lowest BCUT2D eigenvalue weighted by Crippen LogP contribution is -2.15. The molecule has 2 aromatic carbocycles. The van der Waals surface area contributed by atoms with Gasteiger partial charge in [0.25, 0.3) is 5.91 Å². The zero-order valence-electron chi connectivity index (χ0n) is 13.3. The fraction of sp³-hybridized carbons (Fsp3) is 0.158. The summed E-state index contributed by atoms with van der Waals surface area (Å²) in [6.45, 7) is 0. The fourth-order valence-electron chi connectivity index (χ4n) is 3.17. The highest BCUT2D eigenvalue weighted by Crippen LogP contribution is 2.28. The lowest BCUT2D eigenvalue weighted by Gasteiger charge is -2.06. The standard InChI is InChI=1S/C19H15ClFN3O/c20-12-3-1-4-14(11-12)22-19(25)18-16-5-2-6-17(16)24(23-18)15-9-7-13(21)8-10-15/h1,3-4,7-11H,2,5-6H2,(H,22,25). The van der Waals surface area contributed by atoms with Gasteiger partial charge in [0.05, 0.1) is 5.69 Å². The van der Waals surface area contributed by atoms with Crippen LogP contribution in [0.5, 0.6) is 0 Å². The Kier molecular flexibility index (Phi) is 4.01. The van der Waals surface area contributed by atoms with Crippen LogP contribution in [0.3, 0.4) is 0 Å². The maximum atomic E-state index is 13.2. The van der Waals surface area contributed by atoms with Gasteiger partial charge in [0.2, 0.25) is 0 Å². The minimum absolute atomic E-state index is 0.263. The summed E-state index contributed by atoms with van der Waals surface area (Å²) in [5, 5.41) is 7.90. The van der Waals surface area contributed by atoms with E-state index in [1.807, 2.05) is 0 Å². The van der Waals surface area contributed by atoms with E-state index in [0.717, 1.165) is 36.2 Å². The number of fused-ring (bicyclic) bond motifs is 1. The number of carbonyl (C=O) groups is 1. The first kappa shape index (κ1) is 15.8. The summed E-state index contributed by atoms with van der Waals surface area (Å²) in [5.41, 5.74) is 3.77. The predicted octanol–water partition coefficient (Wildman–Crippen LogP) is 4.41. The van der Waals surface area contributed by atoms with Crippen LogP contribution < -0.4 is 5.32 Å². The highest BCUT2D eigenvalue weighted by Gasteiger charge is 2.27. The van der Waals surface area contributed by atoms with Crippen molar-refractivity contribution in [3.8, 4) is 5.69 Å². The van der Waals surface area contributed by atoms with Gasteiger partial charge in [0.1, 0.15) is 5.82 Å². The fourth-order valence-corrected chi connectivity index (χ4v) is 3.36. The van der Waals surface area contributed by atoms with E-state index in [1.165, 1.54) is 12.1 Å². The van der Waals surface area contributed by atoms with E-state index in [9.17, 15) is 9.18 Å². The average Bonchev–Trinajstić information content (AvgIpc) is 3.18. The van der Waals surface area contributed by atoms with Gasteiger partial charge in [-0.1, -0.05) is 17.7 Å². The van der Waals surface area contributed by atoms with E-state index in [-0.39, 0.29) is 11.7 Å². The molecule has 0 atom stereocenters. The largest absolute Gasteiger partial charge is 0.321 e. The first-order valence-electron chi connectivity index (χ1n) is 8.05. The SMILES string of the molecule is O=C(Nc1cccc(Cl)c1)c1nn(-c2ccc(F)cc2)c2c1CCC2. The molecular formula is C19H15ClFN3O. The monoisotopic (exact) mass is 355 g/mol. The first-order chi connectivity index (χ1) is 12.1. The number of carbonyl (C=O) groups excluding carboxylic acids is 1. The molecule has 0 saturated carbocycles. The number of amides is 1. The van der Waals surface area contributed by atoms with Crippen LogP contribution in [0, 0.1) is 5.82 Å². The Morgan fingerprint density at radius 1 is 1.16 bits per heavy atom. The molecule has 6 heteroatoms. The Bertz CT molecular complexity index is 950. The van der Waals surface area contributed by atoms with Crippen LogP contribution >= 0.6 is 11.6 Å². The summed E-state index contributed by atoms with van der Waals surface area (Å²) in [5.74, 6) is -0.562. The van der Waals surface area contributed by atoms with Crippen LogP contribution in [0.2, 0.25) is 5.02 Å². The topological polar surface area (TPSA) is 46.9 Å². The van der Waals surface area contributed by atoms with Gasteiger partial charge in [0, 0.05) is 22.0 Å². The van der Waals surface area contributed by atoms with E-state index < -0.39 is 0 Å². The molecule has 0 spiro atoms. The van der Waals surface area contributed by atoms with Crippen LogP contribution in [-0.2, 0) is 12.8 Å². The van der Waals surface area contributed by atoms with Crippen molar-refractivity contribution >= 4 is 23.2 Å². The van der Waals surface area contributed by atoms with Gasteiger partial charge in [-0.05, 0) is 61.7 Å². The number of halogens is 2. The van der Waals surface area contributed by atoms with E-state index in [1.54, 1.807) is 41.1 Å². The summed E-state index contributed by atoms with van der Waals surface area (Å²) in [4.78, 5) is 12.7. The number of aromatic nitrogens is 2. The van der Waals surface area contributed by atoms with E-state index in [2.05, 4.69) is 10.4 Å². The number of rotatable bonds is 3. The van der Waals surface area contributed by atoms with Gasteiger partial charge in [-0.2, -0.15) is 5.10 Å². The lowest BCUT2D eigenvalue weighted by molar-refractivity contribution is 0.102. The van der Waals surface area contributed by atoms with Crippen molar-refractivity contribution in [3.05, 3.63) is 76.3 Å². The summed E-state index contributed by atoms with van der Waals surface area (Å²) in [6, 6.07) is 13.1. The Balaban J connectivity index is 1.69. The molecule has 4 rings (SSSR count). The highest BCUT2D eigenvalue weighted by molar-refractivity contribution is 6.30. The normalized spacial score (nSPS) is 12.9. The van der Waals surface area contributed by atoms with Gasteiger partial charge in [-0.25, -0.2) is 9.07 Å². The number of hydrogen-bond acceptors (Lipinski definition) is 2. The average molecular weight is 356 g/mol. The molecule has 0 radical (unpaired) electrons. The quantitative estimate of drug-likeness (QED) is 0.756. The summed E-state index contributed by atoms with van der Waals surface area (Å²) >= 11 is 5.96. The molecule has 126 valence electrons. The van der Waals surface area contributed by atoms with Crippen molar-refractivity contribution in [2.75, 3.05) is 5.32 Å². The van der Waals surface area contributed by atoms with E-state index in [4.69, 9.17) is 11.6 Å². The molecule has 1 aliphatic carbocycles. The lowest BCUT2D eigenvalue weighted by atomic mass is 10.2. The second kappa shape index (κ2) is 6.33. The van der Waals surface area contributed by atoms with Crippen LogP contribution in [0.15, 0.2) is 48.5 Å². The molecule has 0 fully saturated rings. The zero-order valence-corrected chi connectivity index (χ0v) is 14.1. The third kappa shape index (κ3) is 3.03. The van der Waals surface area contributed by atoms with Crippen LogP contribution in [0.25, 0.3) is 5.69 Å². The minimum Gasteiger partial charge on any atom is -0.321 e. The molecule has 4 nitrogen and oxygen atoms in total. The third-order valence-corrected chi connectivity index (χ3v) is 4.53. The van der Waals surface area contributed by atoms with Gasteiger partial charge >= 0.3 is 0 Å². The molecule has 0 unspecified atom stereocenters. The molecular weight excluding hydrogens is 341 g/mol. The molecule has 25 heavy (non-hydrogen) atoms. The van der Waals surface area contributed by atoms with Crippen LogP contribution in [-0.4, -0.2) is 15.7 Å². The highest BCUT2D eigenvalue weighted by atomic mass is 35.5.